The summed E-state index contributed by atoms with van der Waals surface area (Å²) in [5.74, 6) is 2.51. The molecule has 3 saturated carbocycles. The van der Waals surface area contributed by atoms with Crippen molar-refractivity contribution in [2.45, 2.75) is 136 Å². The van der Waals surface area contributed by atoms with Crippen LogP contribution < -0.4 is 0 Å². The molecule has 230 valence electrons. The van der Waals surface area contributed by atoms with Gasteiger partial charge >= 0.3 is 0 Å². The minimum Gasteiger partial charge on any atom is -0.342 e. The van der Waals surface area contributed by atoms with Crippen molar-refractivity contribution in [3.8, 4) is 6.07 Å². The Bertz CT molecular complexity index is 1140. The predicted octanol–water partition coefficient (Wildman–Crippen LogP) is 8.37. The Labute approximate surface area is 255 Å². The third kappa shape index (κ3) is 5.77. The zero-order chi connectivity index (χ0) is 29.9. The number of likely N-dealkylation sites (tertiary alicyclic amines) is 1. The molecule has 4 fully saturated rings. The SMILES string of the molecule is CCCCCCCCCCN(C(=O)c1ccc(C#N)cc1)[C@H]1CC[C@H]2[C@@H]3CC[C@H]4N(C)C(=O)CC[C@]4(C)[C@H]3CC[C@]12C. The Morgan fingerprint density at radius 3 is 2.26 bits per heavy atom. The van der Waals surface area contributed by atoms with E-state index in [0.29, 0.717) is 41.7 Å². The van der Waals surface area contributed by atoms with E-state index in [1.165, 1.54) is 70.6 Å². The third-order valence-electron chi connectivity index (χ3n) is 12.7. The molecule has 0 spiro atoms. The van der Waals surface area contributed by atoms with Gasteiger partial charge in [-0.05, 0) is 104 Å². The number of carbonyl (C=O) groups is 2. The van der Waals surface area contributed by atoms with Gasteiger partial charge in [-0.15, -0.1) is 0 Å². The van der Waals surface area contributed by atoms with Crippen molar-refractivity contribution >= 4 is 11.8 Å². The number of hydrogen-bond donors (Lipinski definition) is 0. The molecule has 42 heavy (non-hydrogen) atoms. The van der Waals surface area contributed by atoms with Crippen LogP contribution in [0.5, 0.6) is 0 Å². The van der Waals surface area contributed by atoms with E-state index < -0.39 is 0 Å². The average Bonchev–Trinajstić information content (AvgIpc) is 3.35. The molecule has 1 aromatic carbocycles. The van der Waals surface area contributed by atoms with Gasteiger partial charge in [-0.1, -0.05) is 65.7 Å². The van der Waals surface area contributed by atoms with E-state index in [2.05, 4.69) is 36.6 Å². The quantitative estimate of drug-likeness (QED) is 0.250. The van der Waals surface area contributed by atoms with E-state index >= 15 is 0 Å². The van der Waals surface area contributed by atoms with Gasteiger partial charge < -0.3 is 9.80 Å². The second-order valence-corrected chi connectivity index (χ2v) is 14.8. The van der Waals surface area contributed by atoms with Gasteiger partial charge in [0.25, 0.3) is 5.91 Å². The van der Waals surface area contributed by atoms with Crippen LogP contribution in [0.2, 0.25) is 0 Å². The summed E-state index contributed by atoms with van der Waals surface area (Å²) in [7, 11) is 2.04. The summed E-state index contributed by atoms with van der Waals surface area (Å²) in [6.45, 7) is 8.11. The first-order valence-corrected chi connectivity index (χ1v) is 17.3. The molecule has 1 saturated heterocycles. The zero-order valence-electron chi connectivity index (χ0n) is 26.9. The number of nitrogens with zero attached hydrogens (tertiary/aromatic N) is 3. The smallest absolute Gasteiger partial charge is 0.254 e. The molecule has 0 bridgehead atoms. The number of unbranched alkanes of at least 4 members (excludes halogenated alkanes) is 7. The molecule has 0 aromatic heterocycles. The molecule has 1 aromatic rings. The van der Waals surface area contributed by atoms with Gasteiger partial charge in [0.05, 0.1) is 11.6 Å². The van der Waals surface area contributed by atoms with Crippen molar-refractivity contribution < 1.29 is 9.59 Å². The van der Waals surface area contributed by atoms with Crippen LogP contribution in [0, 0.1) is 39.9 Å². The van der Waals surface area contributed by atoms with Crippen LogP contribution >= 0.6 is 0 Å². The minimum absolute atomic E-state index is 0.142. The van der Waals surface area contributed by atoms with Crippen molar-refractivity contribution in [2.24, 2.45) is 28.6 Å². The number of nitriles is 1. The normalized spacial score (nSPS) is 33.8. The molecular formula is C37H55N3O2. The monoisotopic (exact) mass is 573 g/mol. The van der Waals surface area contributed by atoms with Gasteiger partial charge in [0.1, 0.15) is 0 Å². The topological polar surface area (TPSA) is 64.4 Å². The van der Waals surface area contributed by atoms with Gasteiger partial charge in [-0.2, -0.15) is 5.26 Å². The largest absolute Gasteiger partial charge is 0.342 e. The Morgan fingerprint density at radius 2 is 1.57 bits per heavy atom. The van der Waals surface area contributed by atoms with Crippen molar-refractivity contribution in [1.82, 2.24) is 9.80 Å². The number of amides is 2. The molecule has 3 aliphatic carbocycles. The van der Waals surface area contributed by atoms with Gasteiger partial charge in [0, 0.05) is 37.7 Å². The maximum Gasteiger partial charge on any atom is 0.254 e. The van der Waals surface area contributed by atoms with Crippen LogP contribution in [0.25, 0.3) is 0 Å². The van der Waals surface area contributed by atoms with E-state index in [1.54, 1.807) is 12.1 Å². The highest BCUT2D eigenvalue weighted by molar-refractivity contribution is 5.94. The summed E-state index contributed by atoms with van der Waals surface area (Å²) < 4.78 is 0. The maximum atomic E-state index is 14.2. The number of carbonyl (C=O) groups excluding carboxylic acids is 2. The number of fused-ring (bicyclic) bond motifs is 5. The first-order chi connectivity index (χ1) is 20.2. The van der Waals surface area contributed by atoms with Crippen molar-refractivity contribution in [3.63, 3.8) is 0 Å². The maximum absolute atomic E-state index is 14.2. The predicted molar refractivity (Wildman–Crippen MR) is 169 cm³/mol. The molecule has 0 N–H and O–H groups in total. The van der Waals surface area contributed by atoms with E-state index in [4.69, 9.17) is 0 Å². The summed E-state index contributed by atoms with van der Waals surface area (Å²) in [5, 5.41) is 9.29. The highest BCUT2D eigenvalue weighted by Crippen LogP contribution is 2.65. The summed E-state index contributed by atoms with van der Waals surface area (Å²) in [6.07, 6.45) is 18.9. The molecule has 5 heteroatoms. The Morgan fingerprint density at radius 1 is 0.905 bits per heavy atom. The molecule has 0 radical (unpaired) electrons. The Kier molecular flexibility index (Phi) is 9.70. The first-order valence-electron chi connectivity index (χ1n) is 17.3. The lowest BCUT2D eigenvalue weighted by Crippen LogP contribution is -2.62. The summed E-state index contributed by atoms with van der Waals surface area (Å²) >= 11 is 0. The summed E-state index contributed by atoms with van der Waals surface area (Å²) in [6, 6.07) is 10.1. The lowest BCUT2D eigenvalue weighted by atomic mass is 9.47. The minimum atomic E-state index is 0.142. The fraction of sp³-hybridized carbons (Fsp3) is 0.757. The molecule has 2 amide bonds. The summed E-state index contributed by atoms with van der Waals surface area (Å²) in [4.78, 5) is 31.1. The van der Waals surface area contributed by atoms with Crippen LogP contribution in [0.1, 0.15) is 139 Å². The molecule has 7 atom stereocenters. The van der Waals surface area contributed by atoms with Gasteiger partial charge in [-0.25, -0.2) is 0 Å². The molecular weight excluding hydrogens is 518 g/mol. The van der Waals surface area contributed by atoms with Crippen LogP contribution in [-0.2, 0) is 4.79 Å². The highest BCUT2D eigenvalue weighted by Gasteiger charge is 2.62. The molecule has 4 aliphatic rings. The molecule has 1 aliphatic heterocycles. The standard InChI is InChI=1S/C37H55N3O2/c1-5-6-7-8-9-10-11-12-25-40(35(42)28-15-13-27(26-38)14-16-28)33-20-18-30-29-17-19-32-36(2,24-22-34(41)39(32)4)31(29)21-23-37(30,33)3/h13-16,29-33H,5-12,17-25H2,1-4H3/t29-,30-,31-,32+,33-,36+,37-/m0/s1. The van der Waals surface area contributed by atoms with Gasteiger partial charge in [-0.3, -0.25) is 9.59 Å². The lowest BCUT2D eigenvalue weighted by molar-refractivity contribution is -0.158. The van der Waals surface area contributed by atoms with Crippen molar-refractivity contribution in [2.75, 3.05) is 13.6 Å². The lowest BCUT2D eigenvalue weighted by Gasteiger charge is -2.62. The molecule has 1 heterocycles. The van der Waals surface area contributed by atoms with Crippen LogP contribution in [0.3, 0.4) is 0 Å². The molecule has 5 rings (SSSR count). The summed E-state index contributed by atoms with van der Waals surface area (Å²) in [5.41, 5.74) is 1.69. The third-order valence-corrected chi connectivity index (χ3v) is 12.7. The van der Waals surface area contributed by atoms with Crippen molar-refractivity contribution in [1.29, 1.82) is 5.26 Å². The van der Waals surface area contributed by atoms with Crippen molar-refractivity contribution in [3.05, 3.63) is 35.4 Å². The number of piperidine rings is 1. The van der Waals surface area contributed by atoms with Gasteiger partial charge in [0.15, 0.2) is 0 Å². The fourth-order valence-electron chi connectivity index (χ4n) is 10.3. The zero-order valence-corrected chi connectivity index (χ0v) is 26.9. The van der Waals surface area contributed by atoms with E-state index in [1.807, 2.05) is 19.2 Å². The van der Waals surface area contributed by atoms with Crippen LogP contribution in [0.15, 0.2) is 24.3 Å². The van der Waals surface area contributed by atoms with Gasteiger partial charge in [0.2, 0.25) is 5.91 Å². The van der Waals surface area contributed by atoms with E-state index in [0.717, 1.165) is 37.8 Å². The second-order valence-electron chi connectivity index (χ2n) is 14.8. The average molecular weight is 574 g/mol. The number of hydrogen-bond acceptors (Lipinski definition) is 3. The molecule has 5 nitrogen and oxygen atoms in total. The number of benzene rings is 1. The van der Waals surface area contributed by atoms with E-state index in [9.17, 15) is 14.9 Å². The van der Waals surface area contributed by atoms with Crippen LogP contribution in [0.4, 0.5) is 0 Å². The Hall–Kier alpha value is -2.35. The number of rotatable bonds is 11. The molecule has 0 unspecified atom stereocenters. The highest BCUT2D eigenvalue weighted by atomic mass is 16.2. The Balaban J connectivity index is 1.32. The fourth-order valence-corrected chi connectivity index (χ4v) is 10.3. The first kappa shape index (κ1) is 31.1. The van der Waals surface area contributed by atoms with E-state index in [-0.39, 0.29) is 22.8 Å². The second kappa shape index (κ2) is 13.1. The van der Waals surface area contributed by atoms with Crippen LogP contribution in [-0.4, -0.2) is 47.3 Å².